The smallest absolute Gasteiger partial charge is 0.252 e. The summed E-state index contributed by atoms with van der Waals surface area (Å²) in [6, 6.07) is 5.96. The molecule has 0 spiro atoms. The van der Waals surface area contributed by atoms with Gasteiger partial charge in [0.15, 0.2) is 0 Å². The van der Waals surface area contributed by atoms with E-state index in [1.807, 2.05) is 19.1 Å². The molecule has 17 heavy (non-hydrogen) atoms. The van der Waals surface area contributed by atoms with Crippen LogP contribution in [0.25, 0.3) is 0 Å². The predicted octanol–water partition coefficient (Wildman–Crippen LogP) is 2.61. The topological polar surface area (TPSA) is 49.3 Å². The second kappa shape index (κ2) is 4.88. The molecule has 0 saturated carbocycles. The Morgan fingerprint density at radius 3 is 2.35 bits per heavy atom. The van der Waals surface area contributed by atoms with Crippen LogP contribution < -0.4 is 5.32 Å². The first-order valence-electron chi connectivity index (χ1n) is 5.82. The predicted molar refractivity (Wildman–Crippen MR) is 70.2 cm³/mol. The molecule has 1 aromatic carbocycles. The quantitative estimate of drug-likeness (QED) is 0.827. The summed E-state index contributed by atoms with van der Waals surface area (Å²) in [6.07, 6.45) is -0.989. The van der Waals surface area contributed by atoms with Gasteiger partial charge in [0.05, 0.1) is 0 Å². The molecule has 1 atom stereocenters. The van der Waals surface area contributed by atoms with Gasteiger partial charge in [-0.25, -0.2) is 0 Å². The monoisotopic (exact) mass is 235 g/mol. The van der Waals surface area contributed by atoms with Crippen molar-refractivity contribution in [2.45, 2.75) is 46.1 Å². The van der Waals surface area contributed by atoms with Crippen molar-refractivity contribution in [2.75, 3.05) is 5.32 Å². The molecule has 0 aliphatic heterocycles. The molecule has 0 saturated heterocycles. The van der Waals surface area contributed by atoms with Gasteiger partial charge in [0, 0.05) is 5.69 Å². The molecule has 1 aromatic rings. The zero-order chi connectivity index (χ0) is 13.2. The highest BCUT2D eigenvalue weighted by molar-refractivity contribution is 5.94. The van der Waals surface area contributed by atoms with Crippen LogP contribution >= 0.6 is 0 Å². The van der Waals surface area contributed by atoms with E-state index in [-0.39, 0.29) is 11.3 Å². The first-order chi connectivity index (χ1) is 7.71. The highest BCUT2D eigenvalue weighted by Gasteiger charge is 2.15. The van der Waals surface area contributed by atoms with Gasteiger partial charge in [0.25, 0.3) is 5.91 Å². The number of benzene rings is 1. The van der Waals surface area contributed by atoms with E-state index in [9.17, 15) is 4.79 Å². The Kier molecular flexibility index (Phi) is 3.94. The summed E-state index contributed by atoms with van der Waals surface area (Å²) in [4.78, 5) is 11.4. The van der Waals surface area contributed by atoms with Crippen LogP contribution in [-0.2, 0) is 10.2 Å². The fourth-order valence-electron chi connectivity index (χ4n) is 1.51. The van der Waals surface area contributed by atoms with Crippen molar-refractivity contribution in [2.24, 2.45) is 0 Å². The molecule has 0 bridgehead atoms. The Morgan fingerprint density at radius 2 is 1.94 bits per heavy atom. The summed E-state index contributed by atoms with van der Waals surface area (Å²) in [5.41, 5.74) is 3.08. The highest BCUT2D eigenvalue weighted by atomic mass is 16.3. The molecular weight excluding hydrogens is 214 g/mol. The van der Waals surface area contributed by atoms with Gasteiger partial charge in [0.1, 0.15) is 6.10 Å². The summed E-state index contributed by atoms with van der Waals surface area (Å²) in [5.74, 6) is -0.378. The number of rotatable bonds is 2. The Morgan fingerprint density at radius 1 is 1.35 bits per heavy atom. The molecule has 3 heteroatoms. The van der Waals surface area contributed by atoms with Crippen LogP contribution in [0.5, 0.6) is 0 Å². The summed E-state index contributed by atoms with van der Waals surface area (Å²) in [6.45, 7) is 9.85. The van der Waals surface area contributed by atoms with Crippen LogP contribution in [0, 0.1) is 6.92 Å². The fourth-order valence-corrected chi connectivity index (χ4v) is 1.51. The van der Waals surface area contributed by atoms with E-state index in [2.05, 4.69) is 32.2 Å². The molecule has 0 aliphatic rings. The number of nitrogens with one attached hydrogen (secondary N) is 1. The normalized spacial score (nSPS) is 13.3. The lowest BCUT2D eigenvalue weighted by atomic mass is 9.86. The minimum absolute atomic E-state index is 0.0948. The van der Waals surface area contributed by atoms with Crippen LogP contribution in [0.2, 0.25) is 0 Å². The summed E-state index contributed by atoms with van der Waals surface area (Å²) < 4.78 is 0. The first kappa shape index (κ1) is 13.7. The molecular formula is C14H21NO2. The molecule has 0 aliphatic carbocycles. The van der Waals surface area contributed by atoms with Gasteiger partial charge in [-0.2, -0.15) is 0 Å². The van der Waals surface area contributed by atoms with Gasteiger partial charge in [0.2, 0.25) is 0 Å². The Bertz CT molecular complexity index is 417. The van der Waals surface area contributed by atoms with Crippen molar-refractivity contribution in [1.82, 2.24) is 0 Å². The molecule has 0 aromatic heterocycles. The van der Waals surface area contributed by atoms with Crippen molar-refractivity contribution >= 4 is 11.6 Å². The second-order valence-electron chi connectivity index (χ2n) is 5.44. The van der Waals surface area contributed by atoms with Crippen LogP contribution in [-0.4, -0.2) is 17.1 Å². The largest absolute Gasteiger partial charge is 0.384 e. The number of hydrogen-bond donors (Lipinski definition) is 2. The molecule has 0 fully saturated rings. The number of anilines is 1. The van der Waals surface area contributed by atoms with Gasteiger partial charge in [-0.15, -0.1) is 0 Å². The molecule has 0 radical (unpaired) electrons. The summed E-state index contributed by atoms with van der Waals surface area (Å²) in [5, 5.41) is 11.8. The maximum absolute atomic E-state index is 11.4. The second-order valence-corrected chi connectivity index (χ2v) is 5.44. The number of aryl methyl sites for hydroxylation is 1. The van der Waals surface area contributed by atoms with Gasteiger partial charge in [-0.3, -0.25) is 4.79 Å². The lowest BCUT2D eigenvalue weighted by molar-refractivity contribution is -0.123. The van der Waals surface area contributed by atoms with Gasteiger partial charge >= 0.3 is 0 Å². The Balaban J connectivity index is 2.95. The highest BCUT2D eigenvalue weighted by Crippen LogP contribution is 2.26. The van der Waals surface area contributed by atoms with Crippen LogP contribution in [0.3, 0.4) is 0 Å². The van der Waals surface area contributed by atoms with E-state index in [1.54, 1.807) is 0 Å². The standard InChI is InChI=1S/C14H21NO2/c1-9-8-11(14(3,4)5)6-7-12(9)15-13(17)10(2)16/h6-8,10,16H,1-5H3,(H,15,17). The molecule has 0 heterocycles. The van der Waals surface area contributed by atoms with Crippen molar-refractivity contribution in [3.63, 3.8) is 0 Å². The van der Waals surface area contributed by atoms with Crippen LogP contribution in [0.1, 0.15) is 38.8 Å². The number of carbonyl (C=O) groups is 1. The number of hydrogen-bond acceptors (Lipinski definition) is 2. The average Bonchev–Trinajstić information content (AvgIpc) is 2.19. The molecule has 1 amide bonds. The van der Waals surface area contributed by atoms with E-state index in [1.165, 1.54) is 12.5 Å². The van der Waals surface area contributed by atoms with Crippen LogP contribution in [0.15, 0.2) is 18.2 Å². The van der Waals surface area contributed by atoms with E-state index in [0.29, 0.717) is 0 Å². The SMILES string of the molecule is Cc1cc(C(C)(C)C)ccc1NC(=O)C(C)O. The first-order valence-corrected chi connectivity index (χ1v) is 5.82. The average molecular weight is 235 g/mol. The third kappa shape index (κ3) is 3.56. The van der Waals surface area contributed by atoms with Gasteiger partial charge in [-0.05, 0) is 36.5 Å². The third-order valence-electron chi connectivity index (χ3n) is 2.73. The van der Waals surface area contributed by atoms with Crippen molar-refractivity contribution in [3.8, 4) is 0 Å². The Hall–Kier alpha value is -1.35. The molecule has 94 valence electrons. The minimum Gasteiger partial charge on any atom is -0.384 e. The lowest BCUT2D eigenvalue weighted by Gasteiger charge is -2.21. The van der Waals surface area contributed by atoms with E-state index in [4.69, 9.17) is 5.11 Å². The number of aliphatic hydroxyl groups excluding tert-OH is 1. The third-order valence-corrected chi connectivity index (χ3v) is 2.73. The van der Waals surface area contributed by atoms with Gasteiger partial charge in [-0.1, -0.05) is 32.9 Å². The van der Waals surface area contributed by atoms with Crippen molar-refractivity contribution in [1.29, 1.82) is 0 Å². The van der Waals surface area contributed by atoms with Crippen molar-refractivity contribution < 1.29 is 9.90 Å². The summed E-state index contributed by atoms with van der Waals surface area (Å²) in [7, 11) is 0. The zero-order valence-electron chi connectivity index (χ0n) is 11.2. The summed E-state index contributed by atoms with van der Waals surface area (Å²) >= 11 is 0. The minimum atomic E-state index is -0.989. The maximum atomic E-state index is 11.4. The Labute approximate surface area is 103 Å². The van der Waals surface area contributed by atoms with Gasteiger partial charge < -0.3 is 10.4 Å². The van der Waals surface area contributed by atoms with Crippen molar-refractivity contribution in [3.05, 3.63) is 29.3 Å². The molecule has 1 rings (SSSR count). The zero-order valence-corrected chi connectivity index (χ0v) is 11.2. The number of carbonyl (C=O) groups excluding carboxylic acids is 1. The van der Waals surface area contributed by atoms with E-state index < -0.39 is 6.10 Å². The molecule has 1 unspecified atom stereocenters. The lowest BCUT2D eigenvalue weighted by Crippen LogP contribution is -2.25. The number of amides is 1. The fraction of sp³-hybridized carbons (Fsp3) is 0.500. The number of aliphatic hydroxyl groups is 1. The van der Waals surface area contributed by atoms with E-state index in [0.717, 1.165) is 11.3 Å². The van der Waals surface area contributed by atoms with E-state index >= 15 is 0 Å². The maximum Gasteiger partial charge on any atom is 0.252 e. The molecule has 2 N–H and O–H groups in total. The molecule has 3 nitrogen and oxygen atoms in total. The van der Waals surface area contributed by atoms with Crippen LogP contribution in [0.4, 0.5) is 5.69 Å².